The van der Waals surface area contributed by atoms with E-state index < -0.39 is 0 Å². The van der Waals surface area contributed by atoms with Crippen LogP contribution in [0.2, 0.25) is 0 Å². The van der Waals surface area contributed by atoms with Gasteiger partial charge in [-0.05, 0) is 35.7 Å². The van der Waals surface area contributed by atoms with E-state index in [4.69, 9.17) is 4.74 Å². The molecule has 0 aliphatic heterocycles. The average Bonchev–Trinajstić information content (AvgIpc) is 2.40. The molecule has 3 rings (SSSR count). The first kappa shape index (κ1) is 9.91. The molecule has 0 aliphatic carbocycles. The lowest BCUT2D eigenvalue weighted by atomic mass is 10.1. The maximum atomic E-state index is 5.86. The van der Waals surface area contributed by atoms with Crippen LogP contribution < -0.4 is 4.74 Å². The quantitative estimate of drug-likeness (QED) is 0.619. The third-order valence-electron chi connectivity index (χ3n) is 2.65. The van der Waals surface area contributed by atoms with Crippen molar-refractivity contribution in [1.29, 1.82) is 0 Å². The molecule has 81 valence electrons. The molecule has 0 saturated heterocycles. The van der Waals surface area contributed by atoms with E-state index in [9.17, 15) is 0 Å². The highest BCUT2D eigenvalue weighted by molar-refractivity contribution is 5.88. The Balaban J connectivity index is 2.06. The van der Waals surface area contributed by atoms with Gasteiger partial charge in [0.15, 0.2) is 0 Å². The van der Waals surface area contributed by atoms with Crippen LogP contribution in [0, 0.1) is 6.07 Å². The summed E-state index contributed by atoms with van der Waals surface area (Å²) in [5.74, 6) is 1.69. The fraction of sp³-hybridized carbons (Fsp3) is 0. The lowest BCUT2D eigenvalue weighted by Crippen LogP contribution is -1.85. The summed E-state index contributed by atoms with van der Waals surface area (Å²) >= 11 is 0. The Kier molecular flexibility index (Phi) is 2.51. The van der Waals surface area contributed by atoms with Crippen LogP contribution in [0.25, 0.3) is 10.8 Å². The van der Waals surface area contributed by atoms with Crippen LogP contribution in [0.4, 0.5) is 0 Å². The van der Waals surface area contributed by atoms with Crippen molar-refractivity contribution in [1.82, 2.24) is 0 Å². The van der Waals surface area contributed by atoms with E-state index in [1.165, 1.54) is 0 Å². The second-order valence-corrected chi connectivity index (χ2v) is 3.82. The maximum Gasteiger partial charge on any atom is 0.135 e. The molecule has 0 atom stereocenters. The number of benzene rings is 3. The number of fused-ring (bicyclic) bond motifs is 1. The van der Waals surface area contributed by atoms with E-state index in [2.05, 4.69) is 18.2 Å². The average molecular weight is 219 g/mol. The van der Waals surface area contributed by atoms with Crippen molar-refractivity contribution in [3.05, 3.63) is 72.8 Å². The van der Waals surface area contributed by atoms with E-state index in [0.29, 0.717) is 0 Å². The Morgan fingerprint density at radius 1 is 0.765 bits per heavy atom. The van der Waals surface area contributed by atoms with Gasteiger partial charge in [0.25, 0.3) is 0 Å². The molecule has 17 heavy (non-hydrogen) atoms. The van der Waals surface area contributed by atoms with Crippen molar-refractivity contribution in [2.24, 2.45) is 0 Å². The SMILES string of the molecule is [c]1cc(Oc2ccccc2)c2ccccc2c1. The lowest BCUT2D eigenvalue weighted by Gasteiger charge is -2.08. The van der Waals surface area contributed by atoms with Crippen molar-refractivity contribution in [2.45, 2.75) is 0 Å². The second-order valence-electron chi connectivity index (χ2n) is 3.82. The summed E-state index contributed by atoms with van der Waals surface area (Å²) in [4.78, 5) is 0. The molecular weight excluding hydrogens is 208 g/mol. The van der Waals surface area contributed by atoms with Gasteiger partial charge in [-0.15, -0.1) is 0 Å². The number of hydrogen-bond acceptors (Lipinski definition) is 1. The Bertz CT molecular complexity index is 624. The number of ether oxygens (including phenoxy) is 1. The molecule has 0 spiro atoms. The zero-order valence-electron chi connectivity index (χ0n) is 9.26. The summed E-state index contributed by atoms with van der Waals surface area (Å²) in [5, 5.41) is 2.25. The van der Waals surface area contributed by atoms with Gasteiger partial charge in [-0.2, -0.15) is 0 Å². The number of hydrogen-bond donors (Lipinski definition) is 0. The van der Waals surface area contributed by atoms with Crippen molar-refractivity contribution >= 4 is 10.8 Å². The first-order chi connectivity index (χ1) is 8.43. The molecule has 3 aromatic rings. The Morgan fingerprint density at radius 2 is 1.53 bits per heavy atom. The smallest absolute Gasteiger partial charge is 0.135 e. The third kappa shape index (κ3) is 2.00. The number of rotatable bonds is 2. The first-order valence-corrected chi connectivity index (χ1v) is 5.55. The van der Waals surface area contributed by atoms with Crippen molar-refractivity contribution in [3.8, 4) is 11.5 Å². The molecule has 0 aliphatic rings. The molecule has 1 heteroatoms. The molecule has 0 aromatic heterocycles. The fourth-order valence-electron chi connectivity index (χ4n) is 1.83. The van der Waals surface area contributed by atoms with Crippen molar-refractivity contribution < 1.29 is 4.74 Å². The van der Waals surface area contributed by atoms with Gasteiger partial charge in [-0.25, -0.2) is 0 Å². The highest BCUT2D eigenvalue weighted by atomic mass is 16.5. The van der Waals surface area contributed by atoms with E-state index in [1.54, 1.807) is 0 Å². The normalized spacial score (nSPS) is 10.4. The van der Waals surface area contributed by atoms with Gasteiger partial charge in [0.2, 0.25) is 0 Å². The summed E-state index contributed by atoms with van der Waals surface area (Å²) < 4.78 is 5.86. The summed E-state index contributed by atoms with van der Waals surface area (Å²) in [6.07, 6.45) is 0. The minimum absolute atomic E-state index is 0.842. The Hall–Kier alpha value is -2.28. The molecule has 3 aromatic carbocycles. The van der Waals surface area contributed by atoms with Gasteiger partial charge >= 0.3 is 0 Å². The van der Waals surface area contributed by atoms with E-state index in [0.717, 1.165) is 22.3 Å². The first-order valence-electron chi connectivity index (χ1n) is 5.55. The van der Waals surface area contributed by atoms with Crippen molar-refractivity contribution in [3.63, 3.8) is 0 Å². The van der Waals surface area contributed by atoms with Crippen LogP contribution >= 0.6 is 0 Å². The molecule has 0 bridgehead atoms. The van der Waals surface area contributed by atoms with E-state index in [-0.39, 0.29) is 0 Å². The van der Waals surface area contributed by atoms with Crippen LogP contribution in [0.3, 0.4) is 0 Å². The van der Waals surface area contributed by atoms with Gasteiger partial charge in [0, 0.05) is 5.39 Å². The zero-order valence-corrected chi connectivity index (χ0v) is 9.26. The molecule has 0 saturated carbocycles. The van der Waals surface area contributed by atoms with Crippen LogP contribution in [0.5, 0.6) is 11.5 Å². The fourth-order valence-corrected chi connectivity index (χ4v) is 1.83. The van der Waals surface area contributed by atoms with Gasteiger partial charge in [-0.3, -0.25) is 0 Å². The minimum Gasteiger partial charge on any atom is -0.457 e. The Morgan fingerprint density at radius 3 is 2.41 bits per heavy atom. The summed E-state index contributed by atoms with van der Waals surface area (Å²) in [6, 6.07) is 24.9. The zero-order chi connectivity index (χ0) is 11.5. The minimum atomic E-state index is 0.842. The van der Waals surface area contributed by atoms with Crippen molar-refractivity contribution in [2.75, 3.05) is 0 Å². The summed E-state index contributed by atoms with van der Waals surface area (Å²) in [6.45, 7) is 0. The predicted octanol–water partition coefficient (Wildman–Crippen LogP) is 4.43. The number of para-hydroxylation sites is 1. The second kappa shape index (κ2) is 4.30. The van der Waals surface area contributed by atoms with E-state index >= 15 is 0 Å². The standard InChI is InChI=1S/C16H11O/c1-2-9-14(10-3-1)17-16-12-6-8-13-7-4-5-11-15(13)16/h1-5,7-12H. The monoisotopic (exact) mass is 219 g/mol. The van der Waals surface area contributed by atoms with Gasteiger partial charge in [0.05, 0.1) is 0 Å². The highest BCUT2D eigenvalue weighted by Gasteiger charge is 2.01. The van der Waals surface area contributed by atoms with E-state index in [1.807, 2.05) is 54.6 Å². The lowest BCUT2D eigenvalue weighted by molar-refractivity contribution is 0.488. The molecule has 0 N–H and O–H groups in total. The molecule has 1 radical (unpaired) electrons. The highest BCUT2D eigenvalue weighted by Crippen LogP contribution is 2.29. The molecule has 0 fully saturated rings. The van der Waals surface area contributed by atoms with Gasteiger partial charge in [0.1, 0.15) is 11.5 Å². The van der Waals surface area contributed by atoms with Crippen LogP contribution in [0.1, 0.15) is 0 Å². The molecule has 1 nitrogen and oxygen atoms in total. The van der Waals surface area contributed by atoms with Crippen LogP contribution in [-0.2, 0) is 0 Å². The Labute approximate surface area is 100 Å². The van der Waals surface area contributed by atoms with Gasteiger partial charge < -0.3 is 4.74 Å². The largest absolute Gasteiger partial charge is 0.457 e. The molecule has 0 unspecified atom stereocenters. The summed E-state index contributed by atoms with van der Waals surface area (Å²) in [5.41, 5.74) is 0. The molecule has 0 amide bonds. The topological polar surface area (TPSA) is 9.23 Å². The molecule has 0 heterocycles. The maximum absolute atomic E-state index is 5.86. The predicted molar refractivity (Wildman–Crippen MR) is 69.3 cm³/mol. The van der Waals surface area contributed by atoms with Gasteiger partial charge in [-0.1, -0.05) is 42.5 Å². The van der Waals surface area contributed by atoms with Crippen LogP contribution in [0.15, 0.2) is 66.7 Å². The summed E-state index contributed by atoms with van der Waals surface area (Å²) in [7, 11) is 0. The molecular formula is C16H11O. The third-order valence-corrected chi connectivity index (χ3v) is 2.65. The van der Waals surface area contributed by atoms with Crippen LogP contribution in [-0.4, -0.2) is 0 Å².